The Bertz CT molecular complexity index is 380. The second-order valence-corrected chi connectivity index (χ2v) is 8.64. The number of rotatable bonds is 2. The van der Waals surface area contributed by atoms with E-state index in [4.69, 9.17) is 0 Å². The minimum absolute atomic E-state index is 0.313. The first-order valence-corrected chi connectivity index (χ1v) is 8.35. The molecule has 0 amide bonds. The number of thiophene rings is 1. The first-order chi connectivity index (χ1) is 7.91. The summed E-state index contributed by atoms with van der Waals surface area (Å²) >= 11 is 5.91. The van der Waals surface area contributed by atoms with Crippen molar-refractivity contribution in [2.24, 2.45) is 11.8 Å². The normalized spacial score (nSPS) is 30.5. The van der Waals surface area contributed by atoms with Crippen molar-refractivity contribution < 1.29 is 0 Å². The van der Waals surface area contributed by atoms with Gasteiger partial charge in [-0.1, -0.05) is 43.1 Å². The van der Waals surface area contributed by atoms with E-state index in [1.807, 2.05) is 11.3 Å². The van der Waals surface area contributed by atoms with Crippen LogP contribution in [-0.4, -0.2) is 4.83 Å². The van der Waals surface area contributed by atoms with Gasteiger partial charge in [0.2, 0.25) is 0 Å². The molecule has 0 aliphatic heterocycles. The smallest absolute Gasteiger partial charge is 0.0185 e. The molecule has 1 aliphatic carbocycles. The molecule has 3 unspecified atom stereocenters. The van der Waals surface area contributed by atoms with E-state index in [1.165, 1.54) is 24.1 Å². The SMILES string of the molecule is Cc1ccc(C(C)(C)C2CCC(C)CC2Br)s1. The molecule has 0 N–H and O–H groups in total. The summed E-state index contributed by atoms with van der Waals surface area (Å²) in [6, 6.07) is 4.59. The van der Waals surface area contributed by atoms with Crippen LogP contribution in [-0.2, 0) is 5.41 Å². The fourth-order valence-electron chi connectivity index (χ4n) is 3.09. The van der Waals surface area contributed by atoms with Gasteiger partial charge in [-0.3, -0.25) is 0 Å². The molecule has 0 aromatic carbocycles. The lowest BCUT2D eigenvalue weighted by Crippen LogP contribution is -2.38. The van der Waals surface area contributed by atoms with E-state index in [-0.39, 0.29) is 0 Å². The van der Waals surface area contributed by atoms with Crippen LogP contribution in [0.25, 0.3) is 0 Å². The minimum atomic E-state index is 0.313. The van der Waals surface area contributed by atoms with Crippen LogP contribution in [0.4, 0.5) is 0 Å². The highest BCUT2D eigenvalue weighted by atomic mass is 79.9. The van der Waals surface area contributed by atoms with Gasteiger partial charge in [0.15, 0.2) is 0 Å². The third kappa shape index (κ3) is 2.78. The monoisotopic (exact) mass is 314 g/mol. The van der Waals surface area contributed by atoms with Crippen LogP contribution in [0, 0.1) is 18.8 Å². The molecule has 1 heterocycles. The Labute approximate surface area is 118 Å². The summed E-state index contributed by atoms with van der Waals surface area (Å²) in [5.41, 5.74) is 0.313. The molecule has 1 fully saturated rings. The lowest BCUT2D eigenvalue weighted by molar-refractivity contribution is 0.217. The van der Waals surface area contributed by atoms with Crippen molar-refractivity contribution in [2.75, 3.05) is 0 Å². The van der Waals surface area contributed by atoms with Gasteiger partial charge in [0.1, 0.15) is 0 Å². The molecule has 17 heavy (non-hydrogen) atoms. The zero-order chi connectivity index (χ0) is 12.6. The molecular formula is C15H23BrS. The van der Waals surface area contributed by atoms with Gasteiger partial charge in [0.25, 0.3) is 0 Å². The summed E-state index contributed by atoms with van der Waals surface area (Å²) < 4.78 is 0. The Balaban J connectivity index is 2.20. The molecule has 0 bridgehead atoms. The van der Waals surface area contributed by atoms with Gasteiger partial charge in [-0.15, -0.1) is 11.3 Å². The van der Waals surface area contributed by atoms with Gasteiger partial charge in [0, 0.05) is 20.0 Å². The summed E-state index contributed by atoms with van der Waals surface area (Å²) in [6.07, 6.45) is 4.08. The summed E-state index contributed by atoms with van der Waals surface area (Å²) in [6.45, 7) is 9.44. The van der Waals surface area contributed by atoms with Gasteiger partial charge >= 0.3 is 0 Å². The van der Waals surface area contributed by atoms with E-state index in [0.717, 1.165) is 11.8 Å². The van der Waals surface area contributed by atoms with Gasteiger partial charge in [-0.2, -0.15) is 0 Å². The zero-order valence-electron chi connectivity index (χ0n) is 11.3. The largest absolute Gasteiger partial charge is 0.145 e. The number of alkyl halides is 1. The van der Waals surface area contributed by atoms with Crippen LogP contribution in [0.2, 0.25) is 0 Å². The van der Waals surface area contributed by atoms with Crippen molar-refractivity contribution in [2.45, 2.75) is 57.2 Å². The molecule has 2 heteroatoms. The highest BCUT2D eigenvalue weighted by Gasteiger charge is 2.39. The maximum Gasteiger partial charge on any atom is 0.0185 e. The van der Waals surface area contributed by atoms with Gasteiger partial charge < -0.3 is 0 Å². The summed E-state index contributed by atoms with van der Waals surface area (Å²) in [5, 5.41) is 0. The van der Waals surface area contributed by atoms with Crippen LogP contribution in [0.15, 0.2) is 12.1 Å². The first kappa shape index (κ1) is 13.6. The highest BCUT2D eigenvalue weighted by molar-refractivity contribution is 9.09. The van der Waals surface area contributed by atoms with E-state index >= 15 is 0 Å². The third-order valence-corrected chi connectivity index (χ3v) is 6.69. The maximum atomic E-state index is 3.94. The second-order valence-electron chi connectivity index (χ2n) is 6.17. The highest BCUT2D eigenvalue weighted by Crippen LogP contribution is 2.46. The fourth-order valence-corrected chi connectivity index (χ4v) is 5.68. The van der Waals surface area contributed by atoms with Crippen LogP contribution < -0.4 is 0 Å². The molecule has 3 atom stereocenters. The molecule has 1 aromatic rings. The summed E-state index contributed by atoms with van der Waals surface area (Å²) in [4.78, 5) is 3.67. The van der Waals surface area contributed by atoms with Crippen molar-refractivity contribution >= 4 is 27.3 Å². The quantitative estimate of drug-likeness (QED) is 0.629. The topological polar surface area (TPSA) is 0 Å². The third-order valence-electron chi connectivity index (χ3n) is 4.34. The van der Waals surface area contributed by atoms with Crippen molar-refractivity contribution in [3.05, 3.63) is 21.9 Å². The Hall–Kier alpha value is 0.180. The second kappa shape index (κ2) is 5.05. The maximum absolute atomic E-state index is 3.94. The van der Waals surface area contributed by atoms with E-state index in [1.54, 1.807) is 4.88 Å². The van der Waals surface area contributed by atoms with E-state index in [0.29, 0.717) is 10.2 Å². The molecule has 0 nitrogen and oxygen atoms in total. The minimum Gasteiger partial charge on any atom is -0.145 e. The standard InChI is InChI=1S/C15H23BrS/c1-10-5-7-12(13(16)9-10)15(3,4)14-8-6-11(2)17-14/h6,8,10,12-13H,5,7,9H2,1-4H3. The molecule has 0 saturated heterocycles. The predicted octanol–water partition coefficient (Wildman–Crippen LogP) is 5.53. The Morgan fingerprint density at radius 1 is 1.29 bits per heavy atom. The van der Waals surface area contributed by atoms with Crippen molar-refractivity contribution in [1.82, 2.24) is 0 Å². The van der Waals surface area contributed by atoms with Crippen LogP contribution in [0.5, 0.6) is 0 Å². The van der Waals surface area contributed by atoms with Crippen LogP contribution in [0.3, 0.4) is 0 Å². The Morgan fingerprint density at radius 2 is 2.00 bits per heavy atom. The molecule has 1 aliphatic rings. The van der Waals surface area contributed by atoms with Crippen molar-refractivity contribution in [3.8, 4) is 0 Å². The molecule has 2 rings (SSSR count). The predicted molar refractivity (Wildman–Crippen MR) is 81.3 cm³/mol. The lowest BCUT2D eigenvalue weighted by Gasteiger charge is -2.41. The number of halogens is 1. The van der Waals surface area contributed by atoms with Crippen molar-refractivity contribution in [3.63, 3.8) is 0 Å². The average Bonchev–Trinajstić information content (AvgIpc) is 2.64. The zero-order valence-corrected chi connectivity index (χ0v) is 13.7. The molecular weight excluding hydrogens is 292 g/mol. The van der Waals surface area contributed by atoms with Gasteiger partial charge in [-0.25, -0.2) is 0 Å². The molecule has 1 saturated carbocycles. The molecule has 0 radical (unpaired) electrons. The lowest BCUT2D eigenvalue weighted by atomic mass is 9.68. The van der Waals surface area contributed by atoms with Crippen LogP contribution >= 0.6 is 27.3 Å². The summed E-state index contributed by atoms with van der Waals surface area (Å²) in [5.74, 6) is 1.66. The van der Waals surface area contributed by atoms with E-state index < -0.39 is 0 Å². The van der Waals surface area contributed by atoms with Gasteiger partial charge in [-0.05, 0) is 43.7 Å². The fraction of sp³-hybridized carbons (Fsp3) is 0.733. The van der Waals surface area contributed by atoms with Gasteiger partial charge in [0.05, 0.1) is 0 Å². The van der Waals surface area contributed by atoms with Crippen molar-refractivity contribution in [1.29, 1.82) is 0 Å². The number of aryl methyl sites for hydroxylation is 1. The van der Waals surface area contributed by atoms with E-state index in [9.17, 15) is 0 Å². The molecule has 96 valence electrons. The Kier molecular flexibility index (Phi) is 4.04. The van der Waals surface area contributed by atoms with E-state index in [2.05, 4.69) is 55.8 Å². The summed E-state index contributed by atoms with van der Waals surface area (Å²) in [7, 11) is 0. The average molecular weight is 315 g/mol. The number of hydrogen-bond donors (Lipinski definition) is 0. The Morgan fingerprint density at radius 3 is 2.53 bits per heavy atom. The van der Waals surface area contributed by atoms with Crippen LogP contribution in [0.1, 0.15) is 49.8 Å². The first-order valence-electron chi connectivity index (χ1n) is 6.62. The molecule has 1 aromatic heterocycles. The number of hydrogen-bond acceptors (Lipinski definition) is 1. The molecule has 0 spiro atoms.